The Labute approximate surface area is 228 Å². The SMILES string of the molecule is O=C(O)C1CCCN1C(=O)c1cc(C2CC2)c(OCC2CCN(Cc3cc(C(F)(F)F)ccc3F)CC2)cc1F. The summed E-state index contributed by atoms with van der Waals surface area (Å²) in [6.45, 7) is 1.77. The largest absolute Gasteiger partial charge is 0.493 e. The van der Waals surface area contributed by atoms with Gasteiger partial charge in [0.1, 0.15) is 23.4 Å². The van der Waals surface area contributed by atoms with Gasteiger partial charge in [0.25, 0.3) is 5.91 Å². The van der Waals surface area contributed by atoms with Crippen molar-refractivity contribution in [3.8, 4) is 5.75 Å². The first kappa shape index (κ1) is 28.3. The van der Waals surface area contributed by atoms with Crippen molar-refractivity contribution in [2.75, 3.05) is 26.2 Å². The molecule has 1 amide bonds. The number of nitrogens with zero attached hydrogens (tertiary/aromatic N) is 2. The maximum absolute atomic E-state index is 15.1. The summed E-state index contributed by atoms with van der Waals surface area (Å²) in [5.74, 6) is -2.49. The van der Waals surface area contributed by atoms with Crippen molar-refractivity contribution in [3.63, 3.8) is 0 Å². The van der Waals surface area contributed by atoms with Crippen LogP contribution in [0.4, 0.5) is 22.0 Å². The lowest BCUT2D eigenvalue weighted by Crippen LogP contribution is -2.40. The van der Waals surface area contributed by atoms with Gasteiger partial charge in [0.2, 0.25) is 0 Å². The zero-order valence-electron chi connectivity index (χ0n) is 21.9. The summed E-state index contributed by atoms with van der Waals surface area (Å²) in [6.07, 6.45) is -0.495. The minimum atomic E-state index is -4.54. The molecule has 5 rings (SSSR count). The highest BCUT2D eigenvalue weighted by molar-refractivity contribution is 5.97. The molecule has 6 nitrogen and oxygen atoms in total. The van der Waals surface area contributed by atoms with Crippen molar-refractivity contribution in [1.82, 2.24) is 9.80 Å². The van der Waals surface area contributed by atoms with Gasteiger partial charge in [-0.2, -0.15) is 13.2 Å². The number of carboxylic acid groups (broad SMARTS) is 1. The minimum absolute atomic E-state index is 0.00678. The molecule has 1 unspecified atom stereocenters. The van der Waals surface area contributed by atoms with Crippen molar-refractivity contribution in [1.29, 1.82) is 0 Å². The lowest BCUT2D eigenvalue weighted by atomic mass is 9.97. The van der Waals surface area contributed by atoms with E-state index < -0.39 is 41.3 Å². The van der Waals surface area contributed by atoms with E-state index in [1.165, 1.54) is 17.0 Å². The van der Waals surface area contributed by atoms with Crippen molar-refractivity contribution < 1.29 is 41.4 Å². The van der Waals surface area contributed by atoms with Crippen LogP contribution < -0.4 is 4.74 Å². The van der Waals surface area contributed by atoms with E-state index in [0.717, 1.165) is 36.6 Å². The van der Waals surface area contributed by atoms with Gasteiger partial charge in [-0.05, 0) is 93.3 Å². The smallest absolute Gasteiger partial charge is 0.416 e. The molecular weight excluding hydrogens is 535 g/mol. The number of piperidine rings is 1. The second kappa shape index (κ2) is 11.3. The Morgan fingerprint density at radius 1 is 0.950 bits per heavy atom. The number of alkyl halides is 3. The van der Waals surface area contributed by atoms with Crippen LogP contribution in [0.2, 0.25) is 0 Å². The molecule has 2 aromatic carbocycles. The number of hydrogen-bond acceptors (Lipinski definition) is 4. The predicted molar refractivity (Wildman–Crippen MR) is 135 cm³/mol. The van der Waals surface area contributed by atoms with Gasteiger partial charge in [-0.1, -0.05) is 0 Å². The number of carbonyl (C=O) groups is 2. The fraction of sp³-hybridized carbons (Fsp3) is 0.517. The summed E-state index contributed by atoms with van der Waals surface area (Å²) < 4.78 is 74.4. The fourth-order valence-electron chi connectivity index (χ4n) is 5.63. The van der Waals surface area contributed by atoms with E-state index in [4.69, 9.17) is 4.74 Å². The summed E-state index contributed by atoms with van der Waals surface area (Å²) in [5, 5.41) is 9.41. The molecule has 1 atom stereocenters. The molecule has 2 aromatic rings. The maximum atomic E-state index is 15.1. The Kier molecular flexibility index (Phi) is 8.03. The van der Waals surface area contributed by atoms with Gasteiger partial charge in [0.15, 0.2) is 0 Å². The zero-order chi connectivity index (χ0) is 28.6. The molecule has 0 spiro atoms. The Bertz CT molecular complexity index is 1270. The molecular formula is C29H31F5N2O4. The van der Waals surface area contributed by atoms with Crippen molar-refractivity contribution in [3.05, 3.63) is 64.2 Å². The predicted octanol–water partition coefficient (Wildman–Crippen LogP) is 5.84. The van der Waals surface area contributed by atoms with Crippen LogP contribution in [0, 0.1) is 17.6 Å². The van der Waals surface area contributed by atoms with Gasteiger partial charge in [-0.15, -0.1) is 0 Å². The number of likely N-dealkylation sites (tertiary alicyclic amines) is 2. The van der Waals surface area contributed by atoms with Gasteiger partial charge >= 0.3 is 12.1 Å². The Morgan fingerprint density at radius 2 is 1.68 bits per heavy atom. The molecule has 2 saturated heterocycles. The normalized spacial score (nSPS) is 20.6. The highest BCUT2D eigenvalue weighted by Crippen LogP contribution is 2.45. The lowest BCUT2D eigenvalue weighted by molar-refractivity contribution is -0.141. The van der Waals surface area contributed by atoms with E-state index in [2.05, 4.69) is 0 Å². The number of benzene rings is 2. The van der Waals surface area contributed by atoms with Crippen LogP contribution in [0.25, 0.3) is 0 Å². The molecule has 1 N–H and O–H groups in total. The molecule has 11 heteroatoms. The van der Waals surface area contributed by atoms with Gasteiger partial charge < -0.3 is 14.7 Å². The summed E-state index contributed by atoms with van der Waals surface area (Å²) in [4.78, 5) is 27.7. The fourth-order valence-corrected chi connectivity index (χ4v) is 5.63. The van der Waals surface area contributed by atoms with E-state index in [0.29, 0.717) is 51.1 Å². The molecule has 2 heterocycles. The van der Waals surface area contributed by atoms with E-state index >= 15 is 4.39 Å². The first-order valence-corrected chi connectivity index (χ1v) is 13.6. The van der Waals surface area contributed by atoms with Crippen molar-refractivity contribution in [2.24, 2.45) is 5.92 Å². The minimum Gasteiger partial charge on any atom is -0.493 e. The second-order valence-electron chi connectivity index (χ2n) is 11.0. The van der Waals surface area contributed by atoms with Gasteiger partial charge in [0, 0.05) is 24.7 Å². The second-order valence-corrected chi connectivity index (χ2v) is 11.0. The van der Waals surface area contributed by atoms with Crippen molar-refractivity contribution >= 4 is 11.9 Å². The Hall–Kier alpha value is -3.21. The third-order valence-corrected chi connectivity index (χ3v) is 8.09. The molecule has 40 heavy (non-hydrogen) atoms. The van der Waals surface area contributed by atoms with Crippen LogP contribution in [0.1, 0.15) is 71.5 Å². The summed E-state index contributed by atoms with van der Waals surface area (Å²) >= 11 is 0. The maximum Gasteiger partial charge on any atom is 0.416 e. The number of ether oxygens (including phenoxy) is 1. The van der Waals surface area contributed by atoms with Crippen LogP contribution in [-0.4, -0.2) is 59.1 Å². The van der Waals surface area contributed by atoms with Gasteiger partial charge in [0.05, 0.1) is 17.7 Å². The summed E-state index contributed by atoms with van der Waals surface area (Å²) in [5.41, 5.74) is -0.265. The van der Waals surface area contributed by atoms with E-state index in [9.17, 15) is 32.3 Å². The third-order valence-electron chi connectivity index (χ3n) is 8.09. The van der Waals surface area contributed by atoms with Crippen LogP contribution in [-0.2, 0) is 17.5 Å². The van der Waals surface area contributed by atoms with Gasteiger partial charge in [-0.25, -0.2) is 13.6 Å². The molecule has 0 bridgehead atoms. The number of amides is 1. The number of aliphatic carboxylic acids is 1. The summed E-state index contributed by atoms with van der Waals surface area (Å²) in [7, 11) is 0. The van der Waals surface area contributed by atoms with E-state index in [-0.39, 0.29) is 36.1 Å². The molecule has 1 saturated carbocycles. The number of halogens is 5. The Morgan fingerprint density at radius 3 is 2.33 bits per heavy atom. The van der Waals surface area contributed by atoms with E-state index in [1.807, 2.05) is 4.90 Å². The molecule has 0 radical (unpaired) electrons. The molecule has 3 fully saturated rings. The highest BCUT2D eigenvalue weighted by Gasteiger charge is 2.37. The quantitative estimate of drug-likeness (QED) is 0.407. The number of hydrogen-bond donors (Lipinski definition) is 1. The van der Waals surface area contributed by atoms with Crippen LogP contribution in [0.5, 0.6) is 5.75 Å². The highest BCUT2D eigenvalue weighted by atomic mass is 19.4. The number of rotatable bonds is 8. The first-order chi connectivity index (χ1) is 19.0. The average molecular weight is 567 g/mol. The van der Waals surface area contributed by atoms with Gasteiger partial charge in [-0.3, -0.25) is 9.69 Å². The molecule has 216 valence electrons. The third kappa shape index (κ3) is 6.24. The monoisotopic (exact) mass is 566 g/mol. The standard InChI is InChI=1S/C29H31F5N2O4/c30-23-6-5-20(29(32,33)34)12-19(23)15-35-10-7-17(8-11-35)16-40-26-14-24(31)22(13-21(26)18-3-4-18)27(37)36-9-1-2-25(36)28(38)39/h5-6,12-14,17-18,25H,1-4,7-11,15-16H2,(H,38,39). The summed E-state index contributed by atoms with van der Waals surface area (Å²) in [6, 6.07) is 4.22. The molecule has 1 aliphatic carbocycles. The van der Waals surface area contributed by atoms with Crippen molar-refractivity contribution in [2.45, 2.75) is 63.2 Å². The molecule has 0 aromatic heterocycles. The molecule has 2 aliphatic heterocycles. The number of carboxylic acids is 1. The zero-order valence-corrected chi connectivity index (χ0v) is 21.9. The average Bonchev–Trinajstić information content (AvgIpc) is 3.63. The lowest BCUT2D eigenvalue weighted by Gasteiger charge is -2.32. The van der Waals surface area contributed by atoms with Crippen LogP contribution in [0.15, 0.2) is 30.3 Å². The Balaban J connectivity index is 1.20. The molecule has 3 aliphatic rings. The first-order valence-electron chi connectivity index (χ1n) is 13.6. The van der Waals surface area contributed by atoms with Crippen LogP contribution >= 0.6 is 0 Å². The van der Waals surface area contributed by atoms with Crippen LogP contribution in [0.3, 0.4) is 0 Å². The van der Waals surface area contributed by atoms with E-state index in [1.54, 1.807) is 0 Å². The topological polar surface area (TPSA) is 70.1 Å². The number of carbonyl (C=O) groups excluding carboxylic acids is 1.